The lowest BCUT2D eigenvalue weighted by molar-refractivity contribution is -0.0646. The maximum Gasteiger partial charge on any atom is 0.231 e. The smallest absolute Gasteiger partial charge is 0.231 e. The van der Waals surface area contributed by atoms with Crippen LogP contribution in [0.25, 0.3) is 0 Å². The first-order valence-corrected chi connectivity index (χ1v) is 9.06. The monoisotopic (exact) mass is 358 g/mol. The third kappa shape index (κ3) is 3.30. The summed E-state index contributed by atoms with van der Waals surface area (Å²) < 4.78 is 18.9. The fourth-order valence-corrected chi connectivity index (χ4v) is 3.72. The number of fused-ring (bicyclic) bond motifs is 1. The third-order valence-electron chi connectivity index (χ3n) is 5.29. The minimum Gasteiger partial charge on any atom is -0.454 e. The van der Waals surface area contributed by atoms with Crippen molar-refractivity contribution in [1.82, 2.24) is 20.0 Å². The molecule has 0 aliphatic carbocycles. The summed E-state index contributed by atoms with van der Waals surface area (Å²) in [5.74, 6) is 1.63. The number of aromatic nitrogens is 2. The van der Waals surface area contributed by atoms with E-state index in [2.05, 4.69) is 41.4 Å². The molecule has 1 aromatic heterocycles. The Morgan fingerprint density at radius 2 is 2.08 bits per heavy atom. The molecule has 7 heteroatoms. The van der Waals surface area contributed by atoms with Gasteiger partial charge in [0.25, 0.3) is 0 Å². The number of hydrogen-bond acceptors (Lipinski definition) is 6. The predicted octanol–water partition coefficient (Wildman–Crippen LogP) is 1.87. The lowest BCUT2D eigenvalue weighted by atomic mass is 10.0. The van der Waals surface area contributed by atoms with Gasteiger partial charge >= 0.3 is 0 Å². The van der Waals surface area contributed by atoms with Crippen LogP contribution >= 0.6 is 0 Å². The van der Waals surface area contributed by atoms with E-state index in [1.165, 1.54) is 11.3 Å². The van der Waals surface area contributed by atoms with Crippen LogP contribution in [0.5, 0.6) is 11.5 Å². The van der Waals surface area contributed by atoms with Gasteiger partial charge in [-0.25, -0.2) is 0 Å². The molecule has 7 nitrogen and oxygen atoms in total. The molecule has 2 aromatic rings. The molecule has 1 fully saturated rings. The van der Waals surface area contributed by atoms with Crippen LogP contribution in [0.3, 0.4) is 0 Å². The molecule has 0 radical (unpaired) electrons. The van der Waals surface area contributed by atoms with Crippen LogP contribution in [-0.4, -0.2) is 54.3 Å². The van der Waals surface area contributed by atoms with E-state index in [0.29, 0.717) is 6.79 Å². The molecule has 1 N–H and O–H groups in total. The third-order valence-corrected chi connectivity index (χ3v) is 5.29. The van der Waals surface area contributed by atoms with Crippen molar-refractivity contribution in [1.29, 1.82) is 0 Å². The van der Waals surface area contributed by atoms with Crippen molar-refractivity contribution in [2.75, 3.05) is 33.5 Å². The number of aryl methyl sites for hydroxylation is 1. The van der Waals surface area contributed by atoms with Gasteiger partial charge < -0.3 is 19.5 Å². The molecule has 1 saturated heterocycles. The second-order valence-electron chi connectivity index (χ2n) is 6.96. The maximum atomic E-state index is 6.11. The van der Waals surface area contributed by atoms with Crippen molar-refractivity contribution in [2.45, 2.75) is 25.1 Å². The molecule has 1 aromatic carbocycles. The standard InChI is InChI=1S/C19H26N4O3/c1-13(14-4-5-16-17(10-14)26-12-25-16)20-11-18-19(22(2)8-9-24-18)15-6-7-21-23(15)3/h4-7,10,13,18-20H,8-9,11-12H2,1-3H3/t13?,18-,19-/m0/s1. The minimum atomic E-state index is 0.0700. The zero-order valence-corrected chi connectivity index (χ0v) is 15.5. The van der Waals surface area contributed by atoms with Crippen LogP contribution in [0.15, 0.2) is 30.5 Å². The Bertz CT molecular complexity index is 763. The molecule has 2 aliphatic heterocycles. The fraction of sp³-hybridized carbons (Fsp3) is 0.526. The van der Waals surface area contributed by atoms with E-state index in [0.717, 1.165) is 31.2 Å². The molecule has 4 rings (SSSR count). The summed E-state index contributed by atoms with van der Waals surface area (Å²) in [6.07, 6.45) is 1.91. The van der Waals surface area contributed by atoms with E-state index >= 15 is 0 Å². The van der Waals surface area contributed by atoms with Crippen molar-refractivity contribution in [2.24, 2.45) is 7.05 Å². The summed E-state index contributed by atoms with van der Waals surface area (Å²) >= 11 is 0. The van der Waals surface area contributed by atoms with Gasteiger partial charge in [0.05, 0.1) is 24.4 Å². The van der Waals surface area contributed by atoms with E-state index in [9.17, 15) is 0 Å². The molecule has 0 saturated carbocycles. The van der Waals surface area contributed by atoms with Gasteiger partial charge in [-0.05, 0) is 37.7 Å². The highest BCUT2D eigenvalue weighted by atomic mass is 16.7. The first-order chi connectivity index (χ1) is 12.6. The van der Waals surface area contributed by atoms with Crippen LogP contribution in [0.2, 0.25) is 0 Å². The van der Waals surface area contributed by atoms with Crippen LogP contribution in [0.4, 0.5) is 0 Å². The van der Waals surface area contributed by atoms with Gasteiger partial charge in [0.2, 0.25) is 6.79 Å². The lowest BCUT2D eigenvalue weighted by Gasteiger charge is -2.39. The minimum absolute atomic E-state index is 0.0700. The second kappa shape index (κ2) is 7.26. The Hall–Kier alpha value is -2.09. The first kappa shape index (κ1) is 17.3. The molecular formula is C19H26N4O3. The highest BCUT2D eigenvalue weighted by molar-refractivity contribution is 5.45. The van der Waals surface area contributed by atoms with E-state index in [-0.39, 0.29) is 18.2 Å². The average molecular weight is 358 g/mol. The summed E-state index contributed by atoms with van der Waals surface area (Å²) in [6, 6.07) is 8.55. The summed E-state index contributed by atoms with van der Waals surface area (Å²) in [7, 11) is 4.13. The SMILES string of the molecule is CC(NC[C@@H]1OCCN(C)[C@H]1c1ccnn1C)c1ccc2c(c1)OCO2. The van der Waals surface area contributed by atoms with Crippen molar-refractivity contribution < 1.29 is 14.2 Å². The Kier molecular flexibility index (Phi) is 4.84. The normalized spacial score (nSPS) is 24.0. The first-order valence-electron chi connectivity index (χ1n) is 9.06. The molecule has 0 amide bonds. The van der Waals surface area contributed by atoms with Gasteiger partial charge in [-0.15, -0.1) is 0 Å². The van der Waals surface area contributed by atoms with Gasteiger partial charge in [-0.2, -0.15) is 5.10 Å². The highest BCUT2D eigenvalue weighted by Gasteiger charge is 2.33. The molecule has 26 heavy (non-hydrogen) atoms. The number of likely N-dealkylation sites (N-methyl/N-ethyl adjacent to an activating group) is 1. The van der Waals surface area contributed by atoms with E-state index in [1.807, 2.05) is 30.1 Å². The van der Waals surface area contributed by atoms with Crippen molar-refractivity contribution in [3.05, 3.63) is 41.7 Å². The number of benzene rings is 1. The van der Waals surface area contributed by atoms with Crippen molar-refractivity contribution in [3.8, 4) is 11.5 Å². The molecule has 3 atom stereocenters. The molecule has 2 aliphatic rings. The van der Waals surface area contributed by atoms with Crippen LogP contribution in [0, 0.1) is 0 Å². The van der Waals surface area contributed by atoms with Gasteiger partial charge in [-0.1, -0.05) is 6.07 Å². The summed E-state index contributed by atoms with van der Waals surface area (Å²) in [5.41, 5.74) is 2.35. The molecule has 140 valence electrons. The number of nitrogens with one attached hydrogen (secondary N) is 1. The summed E-state index contributed by atoms with van der Waals surface area (Å²) in [4.78, 5) is 2.35. The Morgan fingerprint density at radius 1 is 1.23 bits per heavy atom. The lowest BCUT2D eigenvalue weighted by Crippen LogP contribution is -2.48. The molecule has 1 unspecified atom stereocenters. The maximum absolute atomic E-state index is 6.11. The summed E-state index contributed by atoms with van der Waals surface area (Å²) in [6.45, 7) is 4.88. The van der Waals surface area contributed by atoms with Gasteiger partial charge in [0.1, 0.15) is 0 Å². The summed E-state index contributed by atoms with van der Waals surface area (Å²) in [5, 5.41) is 7.94. The van der Waals surface area contributed by atoms with Gasteiger partial charge in [-0.3, -0.25) is 9.58 Å². The number of morpholine rings is 1. The average Bonchev–Trinajstić information content (AvgIpc) is 3.27. The Labute approximate surface area is 153 Å². The predicted molar refractivity (Wildman–Crippen MR) is 97.3 cm³/mol. The fourth-order valence-electron chi connectivity index (χ4n) is 3.72. The molecule has 0 bridgehead atoms. The Morgan fingerprint density at radius 3 is 2.88 bits per heavy atom. The van der Waals surface area contributed by atoms with Crippen LogP contribution in [0.1, 0.15) is 30.3 Å². The highest BCUT2D eigenvalue weighted by Crippen LogP contribution is 2.34. The zero-order chi connectivity index (χ0) is 18.1. The van der Waals surface area contributed by atoms with E-state index < -0.39 is 0 Å². The molecule has 0 spiro atoms. The zero-order valence-electron chi connectivity index (χ0n) is 15.5. The van der Waals surface area contributed by atoms with Gasteiger partial charge in [0, 0.05) is 32.4 Å². The number of hydrogen-bond donors (Lipinski definition) is 1. The second-order valence-corrected chi connectivity index (χ2v) is 6.96. The van der Waals surface area contributed by atoms with Crippen LogP contribution in [-0.2, 0) is 11.8 Å². The van der Waals surface area contributed by atoms with Gasteiger partial charge in [0.15, 0.2) is 11.5 Å². The topological polar surface area (TPSA) is 60.8 Å². The molecule has 3 heterocycles. The molecular weight excluding hydrogens is 332 g/mol. The Balaban J connectivity index is 1.44. The van der Waals surface area contributed by atoms with Crippen molar-refractivity contribution >= 4 is 0 Å². The van der Waals surface area contributed by atoms with Crippen LogP contribution < -0.4 is 14.8 Å². The number of ether oxygens (including phenoxy) is 3. The number of rotatable bonds is 5. The van der Waals surface area contributed by atoms with E-state index in [1.54, 1.807) is 0 Å². The largest absolute Gasteiger partial charge is 0.454 e. The number of nitrogens with zero attached hydrogens (tertiary/aromatic N) is 3. The van der Waals surface area contributed by atoms with Crippen molar-refractivity contribution in [3.63, 3.8) is 0 Å². The van der Waals surface area contributed by atoms with E-state index in [4.69, 9.17) is 14.2 Å². The quantitative estimate of drug-likeness (QED) is 0.881.